The Kier molecular flexibility index (Phi) is 9.40. The molecule has 2 aromatic heterocycles. The zero-order valence-corrected chi connectivity index (χ0v) is 37.1. The Labute approximate surface area is 395 Å². The molecule has 0 radical (unpaired) electrons. The standard InChI is InChI=1S/C65H42N2O/c1-5-17-43(18-6-1)49-37-50(44-19-7-2-8-20-44)39-51(38-49)64-66-60(46-31-29-45(30-32-46)47-34-36-63-57(40-47)56-26-14-16-28-62(56)68-63)42-61(67-64)48-33-35-55-54-25-13-15-27-58(54)65(59(55)41-48,52-21-9-3-10-22-52)53-23-11-4-12-24-53/h1-42H. The maximum absolute atomic E-state index is 6.16. The Morgan fingerprint density at radius 1 is 0.279 bits per heavy atom. The van der Waals surface area contributed by atoms with Gasteiger partial charge in [0.25, 0.3) is 0 Å². The molecule has 0 bridgehead atoms. The molecule has 0 fully saturated rings. The zero-order chi connectivity index (χ0) is 45.0. The van der Waals surface area contributed by atoms with E-state index in [-0.39, 0.29) is 0 Å². The molecule has 0 atom stereocenters. The minimum atomic E-state index is -0.542. The van der Waals surface area contributed by atoms with E-state index in [2.05, 4.69) is 243 Å². The molecule has 1 aliphatic carbocycles. The van der Waals surface area contributed by atoms with Gasteiger partial charge in [-0.3, -0.25) is 0 Å². The molecular weight excluding hydrogens is 825 g/mol. The molecule has 3 nitrogen and oxygen atoms in total. The maximum Gasteiger partial charge on any atom is 0.160 e. The van der Waals surface area contributed by atoms with Crippen LogP contribution >= 0.6 is 0 Å². The fourth-order valence-corrected chi connectivity index (χ4v) is 10.6. The van der Waals surface area contributed by atoms with Crippen molar-refractivity contribution in [3.8, 4) is 78.4 Å². The van der Waals surface area contributed by atoms with Crippen LogP contribution in [0.5, 0.6) is 0 Å². The van der Waals surface area contributed by atoms with E-state index in [0.29, 0.717) is 5.82 Å². The Morgan fingerprint density at radius 3 is 1.44 bits per heavy atom. The number of nitrogens with zero attached hydrogens (tertiary/aromatic N) is 2. The van der Waals surface area contributed by atoms with Crippen molar-refractivity contribution in [2.45, 2.75) is 5.41 Å². The maximum atomic E-state index is 6.16. The number of aromatic nitrogens is 2. The van der Waals surface area contributed by atoms with Gasteiger partial charge in [0.15, 0.2) is 5.82 Å². The number of furan rings is 1. The highest BCUT2D eigenvalue weighted by atomic mass is 16.3. The molecular formula is C65H42N2O. The number of hydrogen-bond acceptors (Lipinski definition) is 3. The summed E-state index contributed by atoms with van der Waals surface area (Å²) in [7, 11) is 0. The first kappa shape index (κ1) is 39.4. The van der Waals surface area contributed by atoms with E-state index in [1.54, 1.807) is 0 Å². The van der Waals surface area contributed by atoms with Gasteiger partial charge in [-0.25, -0.2) is 9.97 Å². The summed E-state index contributed by atoms with van der Waals surface area (Å²) in [5, 5.41) is 2.23. The van der Waals surface area contributed by atoms with Gasteiger partial charge < -0.3 is 4.42 Å². The average Bonchev–Trinajstić information content (AvgIpc) is 3.95. The molecule has 0 N–H and O–H groups in total. The van der Waals surface area contributed by atoms with E-state index in [4.69, 9.17) is 14.4 Å². The molecule has 0 unspecified atom stereocenters. The molecule has 318 valence electrons. The Morgan fingerprint density at radius 2 is 0.765 bits per heavy atom. The van der Waals surface area contributed by atoms with Crippen molar-refractivity contribution in [3.63, 3.8) is 0 Å². The predicted octanol–water partition coefficient (Wildman–Crippen LogP) is 16.7. The second kappa shape index (κ2) is 16.2. The van der Waals surface area contributed by atoms with Crippen LogP contribution in [0.25, 0.3) is 100 Å². The van der Waals surface area contributed by atoms with E-state index < -0.39 is 5.41 Å². The van der Waals surface area contributed by atoms with Crippen LogP contribution in [-0.4, -0.2) is 9.97 Å². The van der Waals surface area contributed by atoms with Crippen molar-refractivity contribution < 1.29 is 4.42 Å². The van der Waals surface area contributed by atoms with Gasteiger partial charge in [-0.15, -0.1) is 0 Å². The average molecular weight is 867 g/mol. The van der Waals surface area contributed by atoms with Crippen LogP contribution < -0.4 is 0 Å². The van der Waals surface area contributed by atoms with Crippen molar-refractivity contribution in [3.05, 3.63) is 277 Å². The normalized spacial score (nSPS) is 12.5. The van der Waals surface area contributed by atoms with Crippen LogP contribution in [0.3, 0.4) is 0 Å². The third-order valence-corrected chi connectivity index (χ3v) is 13.8. The highest BCUT2D eigenvalue weighted by molar-refractivity contribution is 6.06. The van der Waals surface area contributed by atoms with E-state index >= 15 is 0 Å². The molecule has 0 saturated carbocycles. The summed E-state index contributed by atoms with van der Waals surface area (Å²) in [6.07, 6.45) is 0. The van der Waals surface area contributed by atoms with Gasteiger partial charge in [-0.1, -0.05) is 206 Å². The van der Waals surface area contributed by atoms with E-state index in [1.165, 1.54) is 33.4 Å². The lowest BCUT2D eigenvalue weighted by Crippen LogP contribution is -2.28. The Bertz CT molecular complexity index is 3720. The highest BCUT2D eigenvalue weighted by Gasteiger charge is 2.46. The Balaban J connectivity index is 1.01. The third-order valence-electron chi connectivity index (χ3n) is 13.8. The molecule has 0 spiro atoms. The van der Waals surface area contributed by atoms with Gasteiger partial charge in [0, 0.05) is 27.5 Å². The van der Waals surface area contributed by atoms with Crippen LogP contribution in [0.4, 0.5) is 0 Å². The summed E-state index contributed by atoms with van der Waals surface area (Å²) in [5.41, 5.74) is 20.1. The SMILES string of the molecule is c1ccc(-c2cc(-c3ccccc3)cc(-c3nc(-c4ccc(-c5ccc6oc7ccccc7c6c5)cc4)cc(-c4ccc5c(c4)C(c4ccccc4)(c4ccccc4)c4ccccc4-5)n3)c2)cc1. The van der Waals surface area contributed by atoms with Crippen molar-refractivity contribution in [1.29, 1.82) is 0 Å². The summed E-state index contributed by atoms with van der Waals surface area (Å²) in [6.45, 7) is 0. The Hall–Kier alpha value is -8.92. The summed E-state index contributed by atoms with van der Waals surface area (Å²) in [5.74, 6) is 0.662. The molecule has 0 amide bonds. The van der Waals surface area contributed by atoms with Crippen LogP contribution in [0.1, 0.15) is 22.3 Å². The van der Waals surface area contributed by atoms with Crippen LogP contribution in [0, 0.1) is 0 Å². The molecule has 13 rings (SSSR count). The smallest absolute Gasteiger partial charge is 0.160 e. The van der Waals surface area contributed by atoms with Crippen LogP contribution in [0.2, 0.25) is 0 Å². The van der Waals surface area contributed by atoms with Gasteiger partial charge >= 0.3 is 0 Å². The lowest BCUT2D eigenvalue weighted by Gasteiger charge is -2.34. The lowest BCUT2D eigenvalue weighted by atomic mass is 9.67. The molecule has 1 aliphatic rings. The van der Waals surface area contributed by atoms with Gasteiger partial charge in [0.05, 0.1) is 16.8 Å². The molecule has 10 aromatic carbocycles. The molecule has 12 aromatic rings. The monoisotopic (exact) mass is 866 g/mol. The summed E-state index contributed by atoms with van der Waals surface area (Å²) in [6, 6.07) is 91.3. The topological polar surface area (TPSA) is 38.9 Å². The number of para-hydroxylation sites is 1. The first-order valence-electron chi connectivity index (χ1n) is 23.2. The van der Waals surface area contributed by atoms with E-state index in [9.17, 15) is 0 Å². The fourth-order valence-electron chi connectivity index (χ4n) is 10.6. The number of fused-ring (bicyclic) bond motifs is 6. The number of hydrogen-bond donors (Lipinski definition) is 0. The first-order valence-corrected chi connectivity index (χ1v) is 23.2. The second-order valence-electron chi connectivity index (χ2n) is 17.7. The van der Waals surface area contributed by atoms with Gasteiger partial charge in [0.2, 0.25) is 0 Å². The lowest BCUT2D eigenvalue weighted by molar-refractivity contribution is 0.669. The molecule has 68 heavy (non-hydrogen) atoms. The van der Waals surface area contributed by atoms with Gasteiger partial charge in [-0.2, -0.15) is 0 Å². The molecule has 2 heterocycles. The fraction of sp³-hybridized carbons (Fsp3) is 0.0154. The van der Waals surface area contributed by atoms with Crippen molar-refractivity contribution in [2.24, 2.45) is 0 Å². The molecule has 0 aliphatic heterocycles. The van der Waals surface area contributed by atoms with Crippen molar-refractivity contribution in [2.75, 3.05) is 0 Å². The van der Waals surface area contributed by atoms with E-state index in [0.717, 1.165) is 83.4 Å². The number of rotatable bonds is 8. The van der Waals surface area contributed by atoms with E-state index in [1.807, 2.05) is 12.1 Å². The minimum absolute atomic E-state index is 0.542. The summed E-state index contributed by atoms with van der Waals surface area (Å²) < 4.78 is 6.16. The van der Waals surface area contributed by atoms with Crippen LogP contribution in [-0.2, 0) is 5.41 Å². The first-order chi connectivity index (χ1) is 33.7. The summed E-state index contributed by atoms with van der Waals surface area (Å²) >= 11 is 0. The van der Waals surface area contributed by atoms with Gasteiger partial charge in [0.1, 0.15) is 11.2 Å². The quantitative estimate of drug-likeness (QED) is 0.153. The third kappa shape index (κ3) is 6.59. The number of benzene rings is 10. The largest absolute Gasteiger partial charge is 0.456 e. The molecule has 0 saturated heterocycles. The van der Waals surface area contributed by atoms with Crippen molar-refractivity contribution in [1.82, 2.24) is 9.97 Å². The zero-order valence-electron chi connectivity index (χ0n) is 37.1. The predicted molar refractivity (Wildman–Crippen MR) is 279 cm³/mol. The summed E-state index contributed by atoms with van der Waals surface area (Å²) in [4.78, 5) is 11.0. The van der Waals surface area contributed by atoms with Crippen LogP contribution in [0.15, 0.2) is 259 Å². The molecule has 3 heteroatoms. The van der Waals surface area contributed by atoms with Crippen molar-refractivity contribution >= 4 is 21.9 Å². The minimum Gasteiger partial charge on any atom is -0.456 e. The van der Waals surface area contributed by atoms with Gasteiger partial charge in [-0.05, 0) is 115 Å². The highest BCUT2D eigenvalue weighted by Crippen LogP contribution is 2.56. The second-order valence-corrected chi connectivity index (χ2v) is 17.7.